The zero-order chi connectivity index (χ0) is 15.5. The average molecular weight is 292 g/mol. The third kappa shape index (κ3) is 3.33. The van der Waals surface area contributed by atoms with Gasteiger partial charge in [-0.15, -0.1) is 0 Å². The molecule has 0 atom stereocenters. The van der Waals surface area contributed by atoms with Crippen LogP contribution in [0.2, 0.25) is 0 Å². The van der Waals surface area contributed by atoms with Gasteiger partial charge in [0, 0.05) is 38.8 Å². The van der Waals surface area contributed by atoms with E-state index in [4.69, 9.17) is 4.74 Å². The predicted molar refractivity (Wildman–Crippen MR) is 78.5 cm³/mol. The van der Waals surface area contributed by atoms with Crippen molar-refractivity contribution in [1.29, 1.82) is 0 Å². The highest BCUT2D eigenvalue weighted by Crippen LogP contribution is 2.22. The van der Waals surface area contributed by atoms with Crippen LogP contribution in [-0.4, -0.2) is 42.9 Å². The molecule has 0 bridgehead atoms. The second kappa shape index (κ2) is 6.13. The first kappa shape index (κ1) is 15.3. The molecule has 0 radical (unpaired) electrons. The number of nitrogens with zero attached hydrogens (tertiary/aromatic N) is 1. The number of urea groups is 1. The van der Waals surface area contributed by atoms with E-state index in [-0.39, 0.29) is 12.8 Å². The van der Waals surface area contributed by atoms with Crippen molar-refractivity contribution in [2.45, 2.75) is 25.3 Å². The first-order valence-corrected chi connectivity index (χ1v) is 6.88. The lowest BCUT2D eigenvalue weighted by atomic mass is 9.90. The molecule has 21 heavy (non-hydrogen) atoms. The molecular formula is C15H20N2O4. The lowest BCUT2D eigenvalue weighted by Crippen LogP contribution is -2.59. The van der Waals surface area contributed by atoms with Gasteiger partial charge < -0.3 is 15.2 Å². The van der Waals surface area contributed by atoms with Crippen LogP contribution in [-0.2, 0) is 9.53 Å². The van der Waals surface area contributed by atoms with Gasteiger partial charge in [0.15, 0.2) is 0 Å². The maximum absolute atomic E-state index is 12.3. The third-order valence-corrected chi connectivity index (χ3v) is 3.80. The third-order valence-electron chi connectivity index (χ3n) is 3.80. The van der Waals surface area contributed by atoms with Crippen LogP contribution in [0.1, 0.15) is 18.4 Å². The molecule has 2 rings (SSSR count). The van der Waals surface area contributed by atoms with Crippen molar-refractivity contribution in [1.82, 2.24) is 5.32 Å². The summed E-state index contributed by atoms with van der Waals surface area (Å²) in [5, 5.41) is 12.1. The standard InChI is InChI=1S/C15H20N2O4/c1-11-4-3-5-12(10-11)17(2)14(20)16-15(13(18)19)6-8-21-9-7-15/h3-5,10H,6-9H2,1-2H3,(H,16,20)(H,18,19). The summed E-state index contributed by atoms with van der Waals surface area (Å²) in [6.45, 7) is 2.61. The van der Waals surface area contributed by atoms with Gasteiger partial charge in [-0.3, -0.25) is 4.90 Å². The molecule has 1 heterocycles. The van der Waals surface area contributed by atoms with E-state index in [1.807, 2.05) is 31.2 Å². The molecule has 1 aromatic rings. The van der Waals surface area contributed by atoms with Crippen LogP contribution in [0.25, 0.3) is 0 Å². The van der Waals surface area contributed by atoms with Gasteiger partial charge in [0.25, 0.3) is 0 Å². The van der Waals surface area contributed by atoms with Crippen molar-refractivity contribution in [3.8, 4) is 0 Å². The number of nitrogens with one attached hydrogen (secondary N) is 1. The van der Waals surface area contributed by atoms with Crippen LogP contribution in [0.5, 0.6) is 0 Å². The number of carbonyl (C=O) groups is 2. The molecule has 6 nitrogen and oxygen atoms in total. The molecule has 0 spiro atoms. The summed E-state index contributed by atoms with van der Waals surface area (Å²) in [7, 11) is 1.62. The van der Waals surface area contributed by atoms with Gasteiger partial charge >= 0.3 is 12.0 Å². The molecule has 1 saturated heterocycles. The SMILES string of the molecule is Cc1cccc(N(C)C(=O)NC2(C(=O)O)CCOCC2)c1. The van der Waals surface area contributed by atoms with Crippen molar-refractivity contribution >= 4 is 17.7 Å². The largest absolute Gasteiger partial charge is 0.480 e. The first-order valence-electron chi connectivity index (χ1n) is 6.88. The van der Waals surface area contributed by atoms with Gasteiger partial charge in [-0.2, -0.15) is 0 Å². The van der Waals surface area contributed by atoms with Gasteiger partial charge in [-0.05, 0) is 24.6 Å². The summed E-state index contributed by atoms with van der Waals surface area (Å²) >= 11 is 0. The summed E-state index contributed by atoms with van der Waals surface area (Å²) in [6, 6.07) is 7.05. The van der Waals surface area contributed by atoms with Crippen molar-refractivity contribution in [2.24, 2.45) is 0 Å². The molecule has 0 aliphatic carbocycles. The Kier molecular flexibility index (Phi) is 4.47. The minimum Gasteiger partial charge on any atom is -0.480 e. The number of hydrogen-bond donors (Lipinski definition) is 2. The lowest BCUT2D eigenvalue weighted by molar-refractivity contribution is -0.148. The van der Waals surface area contributed by atoms with Gasteiger partial charge in [-0.25, -0.2) is 9.59 Å². The average Bonchev–Trinajstić information content (AvgIpc) is 2.47. The fourth-order valence-corrected chi connectivity index (χ4v) is 2.35. The number of carbonyl (C=O) groups excluding carboxylic acids is 1. The lowest BCUT2D eigenvalue weighted by Gasteiger charge is -2.35. The number of anilines is 1. The quantitative estimate of drug-likeness (QED) is 0.890. The van der Waals surface area contributed by atoms with Gasteiger partial charge in [0.1, 0.15) is 5.54 Å². The smallest absolute Gasteiger partial charge is 0.329 e. The van der Waals surface area contributed by atoms with E-state index in [2.05, 4.69) is 5.32 Å². The van der Waals surface area contributed by atoms with Crippen molar-refractivity contribution in [3.63, 3.8) is 0 Å². The van der Waals surface area contributed by atoms with E-state index < -0.39 is 17.5 Å². The number of aliphatic carboxylic acids is 1. The summed E-state index contributed by atoms with van der Waals surface area (Å²) in [5.74, 6) is -1.02. The molecule has 0 unspecified atom stereocenters. The van der Waals surface area contributed by atoms with Crippen LogP contribution in [0.4, 0.5) is 10.5 Å². The number of hydrogen-bond acceptors (Lipinski definition) is 3. The number of benzene rings is 1. The molecule has 1 fully saturated rings. The number of carboxylic acids is 1. The summed E-state index contributed by atoms with van der Waals surface area (Å²) < 4.78 is 5.19. The van der Waals surface area contributed by atoms with Gasteiger partial charge in [0.05, 0.1) is 0 Å². The maximum atomic E-state index is 12.3. The molecule has 0 saturated carbocycles. The number of amides is 2. The monoisotopic (exact) mass is 292 g/mol. The number of ether oxygens (including phenoxy) is 1. The topological polar surface area (TPSA) is 78.9 Å². The molecule has 2 N–H and O–H groups in total. The Morgan fingerprint density at radius 3 is 2.57 bits per heavy atom. The minimum absolute atomic E-state index is 0.274. The molecule has 6 heteroatoms. The van der Waals surface area contributed by atoms with E-state index in [1.54, 1.807) is 7.05 Å². The second-order valence-corrected chi connectivity index (χ2v) is 5.33. The highest BCUT2D eigenvalue weighted by molar-refractivity contribution is 5.95. The van der Waals surface area contributed by atoms with Crippen LogP contribution >= 0.6 is 0 Å². The van der Waals surface area contributed by atoms with Crippen LogP contribution in [0.15, 0.2) is 24.3 Å². The normalized spacial score (nSPS) is 17.0. The molecular weight excluding hydrogens is 272 g/mol. The summed E-state index contributed by atoms with van der Waals surface area (Å²) in [6.07, 6.45) is 0.547. The first-order chi connectivity index (χ1) is 9.94. The fraction of sp³-hybridized carbons (Fsp3) is 0.467. The molecule has 1 aliphatic rings. The second-order valence-electron chi connectivity index (χ2n) is 5.33. The highest BCUT2D eigenvalue weighted by Gasteiger charge is 2.42. The highest BCUT2D eigenvalue weighted by atomic mass is 16.5. The van der Waals surface area contributed by atoms with E-state index in [1.165, 1.54) is 4.90 Å². The Labute approximate surface area is 123 Å². The van der Waals surface area contributed by atoms with E-state index >= 15 is 0 Å². The summed E-state index contributed by atoms with van der Waals surface area (Å²) in [5.41, 5.74) is 0.513. The Bertz CT molecular complexity index is 538. The fourth-order valence-electron chi connectivity index (χ4n) is 2.35. The Balaban J connectivity index is 2.13. The molecule has 0 aromatic heterocycles. The van der Waals surface area contributed by atoms with Crippen molar-refractivity contribution in [2.75, 3.05) is 25.2 Å². The van der Waals surface area contributed by atoms with Crippen molar-refractivity contribution in [3.05, 3.63) is 29.8 Å². The number of rotatable bonds is 3. The zero-order valence-corrected chi connectivity index (χ0v) is 12.3. The molecule has 114 valence electrons. The van der Waals surface area contributed by atoms with E-state index in [0.29, 0.717) is 13.2 Å². The molecule has 1 aromatic carbocycles. The van der Waals surface area contributed by atoms with Gasteiger partial charge in [-0.1, -0.05) is 12.1 Å². The molecule has 1 aliphatic heterocycles. The van der Waals surface area contributed by atoms with Crippen LogP contribution in [0.3, 0.4) is 0 Å². The van der Waals surface area contributed by atoms with Crippen molar-refractivity contribution < 1.29 is 19.4 Å². The Morgan fingerprint density at radius 1 is 1.33 bits per heavy atom. The Morgan fingerprint density at radius 2 is 2.00 bits per heavy atom. The number of carboxylic acid groups (broad SMARTS) is 1. The predicted octanol–water partition coefficient (Wildman–Crippen LogP) is 1.77. The summed E-state index contributed by atoms with van der Waals surface area (Å²) in [4.78, 5) is 25.3. The minimum atomic E-state index is -1.24. The zero-order valence-electron chi connectivity index (χ0n) is 12.3. The van der Waals surface area contributed by atoms with Crippen LogP contribution < -0.4 is 10.2 Å². The maximum Gasteiger partial charge on any atom is 0.329 e. The van der Waals surface area contributed by atoms with E-state index in [9.17, 15) is 14.7 Å². The van der Waals surface area contributed by atoms with E-state index in [0.717, 1.165) is 11.3 Å². The number of aryl methyl sites for hydroxylation is 1. The molecule has 2 amide bonds. The Hall–Kier alpha value is -2.08. The van der Waals surface area contributed by atoms with Crippen LogP contribution in [0, 0.1) is 6.92 Å². The van der Waals surface area contributed by atoms with Gasteiger partial charge in [0.2, 0.25) is 0 Å².